The Morgan fingerprint density at radius 2 is 1.80 bits per heavy atom. The van der Waals surface area contributed by atoms with Crippen LogP contribution in [0.15, 0.2) is 53.7 Å². The predicted octanol–water partition coefficient (Wildman–Crippen LogP) is 4.43. The third kappa shape index (κ3) is 7.56. The SMILES string of the molecule is CCn1c(CC(=O)Nc2ccccc2)nnc1SCC(=O)Nc1cc(C(=O)OC(C)C)ccc1Cl. The number of anilines is 2. The summed E-state index contributed by atoms with van der Waals surface area (Å²) < 4.78 is 6.97. The Morgan fingerprint density at radius 3 is 2.49 bits per heavy atom. The van der Waals surface area contributed by atoms with Crippen molar-refractivity contribution in [3.05, 3.63) is 64.9 Å². The highest BCUT2D eigenvalue weighted by Gasteiger charge is 2.17. The largest absolute Gasteiger partial charge is 0.459 e. The minimum Gasteiger partial charge on any atom is -0.459 e. The first-order valence-corrected chi connectivity index (χ1v) is 12.3. The Kier molecular flexibility index (Phi) is 9.27. The van der Waals surface area contributed by atoms with Crippen LogP contribution in [0.5, 0.6) is 0 Å². The van der Waals surface area contributed by atoms with Gasteiger partial charge in [-0.1, -0.05) is 41.6 Å². The Bertz CT molecular complexity index is 1200. The summed E-state index contributed by atoms with van der Waals surface area (Å²) >= 11 is 7.37. The summed E-state index contributed by atoms with van der Waals surface area (Å²) in [5, 5.41) is 14.6. The average molecular weight is 516 g/mol. The number of hydrogen-bond donors (Lipinski definition) is 2. The summed E-state index contributed by atoms with van der Waals surface area (Å²) in [6, 6.07) is 13.7. The molecule has 11 heteroatoms. The molecule has 0 bridgehead atoms. The molecular weight excluding hydrogens is 490 g/mol. The molecule has 1 heterocycles. The number of carbonyl (C=O) groups is 3. The summed E-state index contributed by atoms with van der Waals surface area (Å²) in [5.74, 6) is -0.506. The van der Waals surface area contributed by atoms with E-state index in [4.69, 9.17) is 16.3 Å². The van der Waals surface area contributed by atoms with Gasteiger partial charge in [0.25, 0.3) is 0 Å². The first-order valence-electron chi connectivity index (χ1n) is 11.0. The molecule has 0 atom stereocenters. The van der Waals surface area contributed by atoms with Gasteiger partial charge in [0, 0.05) is 12.2 Å². The first kappa shape index (κ1) is 26.2. The number of benzene rings is 2. The van der Waals surface area contributed by atoms with Gasteiger partial charge in [-0.25, -0.2) is 4.79 Å². The molecule has 0 aliphatic rings. The molecule has 1 aromatic heterocycles. The Morgan fingerprint density at radius 1 is 1.06 bits per heavy atom. The van der Waals surface area contributed by atoms with Crippen LogP contribution in [0.1, 0.15) is 37.0 Å². The van der Waals surface area contributed by atoms with E-state index in [-0.39, 0.29) is 35.7 Å². The van der Waals surface area contributed by atoms with Crippen molar-refractivity contribution < 1.29 is 19.1 Å². The number of ether oxygens (including phenoxy) is 1. The van der Waals surface area contributed by atoms with Crippen LogP contribution < -0.4 is 10.6 Å². The van der Waals surface area contributed by atoms with Crippen LogP contribution in [0, 0.1) is 0 Å². The number of carbonyl (C=O) groups excluding carboxylic acids is 3. The topological polar surface area (TPSA) is 115 Å². The minimum absolute atomic E-state index is 0.0331. The van der Waals surface area contributed by atoms with Crippen molar-refractivity contribution in [2.24, 2.45) is 0 Å². The van der Waals surface area contributed by atoms with Crippen molar-refractivity contribution in [2.45, 2.75) is 45.0 Å². The number of aromatic nitrogens is 3. The van der Waals surface area contributed by atoms with E-state index in [1.54, 1.807) is 30.5 Å². The lowest BCUT2D eigenvalue weighted by Crippen LogP contribution is -2.18. The van der Waals surface area contributed by atoms with Crippen molar-refractivity contribution in [3.8, 4) is 0 Å². The van der Waals surface area contributed by atoms with Gasteiger partial charge in [0.15, 0.2) is 5.16 Å². The number of halogens is 1. The molecule has 3 aromatic rings. The number of thioether (sulfide) groups is 1. The second-order valence-electron chi connectivity index (χ2n) is 7.72. The van der Waals surface area contributed by atoms with E-state index >= 15 is 0 Å². The maximum atomic E-state index is 12.6. The summed E-state index contributed by atoms with van der Waals surface area (Å²) in [4.78, 5) is 37.1. The molecule has 2 N–H and O–H groups in total. The van der Waals surface area contributed by atoms with E-state index in [1.165, 1.54) is 30.0 Å². The van der Waals surface area contributed by atoms with Gasteiger partial charge in [0.1, 0.15) is 5.82 Å². The standard InChI is InChI=1S/C24H26ClN5O4S/c1-4-30-20(13-21(31)26-17-8-6-5-7-9-17)28-29-24(30)35-14-22(32)27-19-12-16(10-11-18(19)25)23(33)34-15(2)3/h5-12,15H,4,13-14H2,1-3H3,(H,26,31)(H,27,32). The smallest absolute Gasteiger partial charge is 0.338 e. The fourth-order valence-corrected chi connectivity index (χ4v) is 4.08. The van der Waals surface area contributed by atoms with Gasteiger partial charge >= 0.3 is 5.97 Å². The van der Waals surface area contributed by atoms with Crippen LogP contribution in [0.2, 0.25) is 5.02 Å². The number of para-hydroxylation sites is 1. The van der Waals surface area contributed by atoms with Crippen molar-refractivity contribution in [3.63, 3.8) is 0 Å². The fraction of sp³-hybridized carbons (Fsp3) is 0.292. The van der Waals surface area contributed by atoms with Crippen LogP contribution in [-0.2, 0) is 27.3 Å². The molecule has 184 valence electrons. The number of esters is 1. The predicted molar refractivity (Wildman–Crippen MR) is 136 cm³/mol. The summed E-state index contributed by atoms with van der Waals surface area (Å²) in [6.45, 7) is 5.96. The second kappa shape index (κ2) is 12.4. The van der Waals surface area contributed by atoms with Crippen LogP contribution in [0.4, 0.5) is 11.4 Å². The second-order valence-corrected chi connectivity index (χ2v) is 9.07. The molecular formula is C24H26ClN5O4S. The van der Waals surface area contributed by atoms with Gasteiger partial charge in [0.2, 0.25) is 11.8 Å². The van der Waals surface area contributed by atoms with Gasteiger partial charge in [-0.2, -0.15) is 0 Å². The van der Waals surface area contributed by atoms with Gasteiger partial charge in [-0.05, 0) is 51.1 Å². The number of hydrogen-bond acceptors (Lipinski definition) is 7. The van der Waals surface area contributed by atoms with Crippen LogP contribution in [-0.4, -0.2) is 44.4 Å². The zero-order valence-corrected chi connectivity index (χ0v) is 21.2. The molecule has 2 amide bonds. The molecule has 0 saturated heterocycles. The molecule has 0 radical (unpaired) electrons. The molecule has 2 aromatic carbocycles. The molecule has 0 spiro atoms. The normalized spacial score (nSPS) is 10.8. The van der Waals surface area contributed by atoms with Crippen LogP contribution in [0.3, 0.4) is 0 Å². The quantitative estimate of drug-likeness (QED) is 0.303. The number of nitrogens with zero attached hydrogens (tertiary/aromatic N) is 3. The molecule has 0 unspecified atom stereocenters. The van der Waals surface area contributed by atoms with E-state index in [1.807, 2.05) is 25.1 Å². The van der Waals surface area contributed by atoms with E-state index in [0.717, 1.165) is 0 Å². The highest BCUT2D eigenvalue weighted by Crippen LogP contribution is 2.25. The Balaban J connectivity index is 1.60. The molecule has 9 nitrogen and oxygen atoms in total. The van der Waals surface area contributed by atoms with Gasteiger partial charge in [0.05, 0.1) is 34.6 Å². The van der Waals surface area contributed by atoms with Gasteiger partial charge < -0.3 is 19.9 Å². The summed E-state index contributed by atoms with van der Waals surface area (Å²) in [7, 11) is 0. The van der Waals surface area contributed by atoms with Crippen LogP contribution in [0.25, 0.3) is 0 Å². The maximum Gasteiger partial charge on any atom is 0.338 e. The van der Waals surface area contributed by atoms with E-state index in [0.29, 0.717) is 33.9 Å². The first-order chi connectivity index (χ1) is 16.8. The number of amides is 2. The monoisotopic (exact) mass is 515 g/mol. The maximum absolute atomic E-state index is 12.6. The highest BCUT2D eigenvalue weighted by molar-refractivity contribution is 7.99. The molecule has 0 fully saturated rings. The van der Waals surface area contributed by atoms with Gasteiger partial charge in [-0.3, -0.25) is 9.59 Å². The summed E-state index contributed by atoms with van der Waals surface area (Å²) in [6.07, 6.45) is -0.213. The minimum atomic E-state index is -0.499. The highest BCUT2D eigenvalue weighted by atomic mass is 35.5. The van der Waals surface area contributed by atoms with Crippen molar-refractivity contribution >= 4 is 52.5 Å². The Labute approximate surface area is 212 Å². The lowest BCUT2D eigenvalue weighted by molar-refractivity contribution is -0.116. The molecule has 35 heavy (non-hydrogen) atoms. The molecule has 0 aliphatic carbocycles. The third-order valence-electron chi connectivity index (χ3n) is 4.64. The van der Waals surface area contributed by atoms with Crippen molar-refractivity contribution in [1.82, 2.24) is 14.8 Å². The summed E-state index contributed by atoms with van der Waals surface area (Å²) in [5.41, 5.74) is 1.30. The van der Waals surface area contributed by atoms with E-state index in [9.17, 15) is 14.4 Å². The lowest BCUT2D eigenvalue weighted by Gasteiger charge is -2.11. The number of rotatable bonds is 10. The molecule has 3 rings (SSSR count). The Hall–Kier alpha value is -3.37. The third-order valence-corrected chi connectivity index (χ3v) is 5.93. The van der Waals surface area contributed by atoms with Gasteiger partial charge in [-0.15, -0.1) is 10.2 Å². The van der Waals surface area contributed by atoms with Crippen LogP contribution >= 0.6 is 23.4 Å². The zero-order chi connectivity index (χ0) is 25.4. The van der Waals surface area contributed by atoms with E-state index in [2.05, 4.69) is 20.8 Å². The average Bonchev–Trinajstić information content (AvgIpc) is 3.20. The van der Waals surface area contributed by atoms with Crippen molar-refractivity contribution in [1.29, 1.82) is 0 Å². The number of nitrogens with one attached hydrogen (secondary N) is 2. The fourth-order valence-electron chi connectivity index (χ4n) is 3.09. The van der Waals surface area contributed by atoms with Crippen molar-refractivity contribution in [2.75, 3.05) is 16.4 Å². The lowest BCUT2D eigenvalue weighted by atomic mass is 10.2. The zero-order valence-electron chi connectivity index (χ0n) is 19.6. The molecule has 0 aliphatic heterocycles. The van der Waals surface area contributed by atoms with E-state index < -0.39 is 5.97 Å². The molecule has 0 saturated carbocycles.